The third kappa shape index (κ3) is 1.66. The molecule has 2 nitrogen and oxygen atoms in total. The number of hydrogen-bond donors (Lipinski definition) is 0. The molecule has 0 aliphatic carbocycles. The standard InChI is InChI=1S/C7H6F3NO/c1-12-6-4-11-3-2-5(6)7(8,9)10/h2-4H,1H3. The molecule has 0 radical (unpaired) electrons. The van der Waals surface area contributed by atoms with Gasteiger partial charge in [0.15, 0.2) is 0 Å². The van der Waals surface area contributed by atoms with E-state index >= 15 is 0 Å². The summed E-state index contributed by atoms with van der Waals surface area (Å²) in [6, 6.07) is 0.874. The summed E-state index contributed by atoms with van der Waals surface area (Å²) in [4.78, 5) is 3.50. The Morgan fingerprint density at radius 3 is 2.50 bits per heavy atom. The number of rotatable bonds is 1. The van der Waals surface area contributed by atoms with E-state index in [0.29, 0.717) is 0 Å². The highest BCUT2D eigenvalue weighted by Gasteiger charge is 2.33. The fourth-order valence-corrected chi connectivity index (χ4v) is 0.777. The summed E-state index contributed by atoms with van der Waals surface area (Å²) in [5.74, 6) is -0.259. The fourth-order valence-electron chi connectivity index (χ4n) is 0.777. The first-order valence-corrected chi connectivity index (χ1v) is 3.11. The van der Waals surface area contributed by atoms with Crippen molar-refractivity contribution in [3.05, 3.63) is 24.0 Å². The first-order valence-electron chi connectivity index (χ1n) is 3.11. The first kappa shape index (κ1) is 8.83. The van der Waals surface area contributed by atoms with Crippen molar-refractivity contribution in [2.45, 2.75) is 6.18 Å². The molecule has 0 spiro atoms. The zero-order chi connectivity index (χ0) is 9.19. The molecule has 1 rings (SSSR count). The highest BCUT2D eigenvalue weighted by atomic mass is 19.4. The monoisotopic (exact) mass is 177 g/mol. The summed E-state index contributed by atoms with van der Waals surface area (Å²) >= 11 is 0. The van der Waals surface area contributed by atoms with Crippen LogP contribution >= 0.6 is 0 Å². The highest BCUT2D eigenvalue weighted by Crippen LogP contribution is 2.34. The van der Waals surface area contributed by atoms with Gasteiger partial charge in [-0.05, 0) is 6.07 Å². The number of halogens is 3. The molecule has 12 heavy (non-hydrogen) atoms. The Morgan fingerprint density at radius 1 is 1.42 bits per heavy atom. The third-order valence-electron chi connectivity index (χ3n) is 1.31. The van der Waals surface area contributed by atoms with E-state index in [0.717, 1.165) is 18.5 Å². The smallest absolute Gasteiger partial charge is 0.420 e. The van der Waals surface area contributed by atoms with Gasteiger partial charge in [0, 0.05) is 6.20 Å². The molecule has 0 fully saturated rings. The Balaban J connectivity index is 3.14. The Labute approximate surface area is 67.0 Å². The summed E-state index contributed by atoms with van der Waals surface area (Å²) in [6.45, 7) is 0. The molecule has 0 aliphatic rings. The number of aromatic nitrogens is 1. The van der Waals surface area contributed by atoms with E-state index in [1.165, 1.54) is 7.11 Å². The first-order chi connectivity index (χ1) is 5.55. The van der Waals surface area contributed by atoms with Gasteiger partial charge < -0.3 is 4.74 Å². The largest absolute Gasteiger partial charge is 0.495 e. The van der Waals surface area contributed by atoms with Gasteiger partial charge in [-0.1, -0.05) is 0 Å². The van der Waals surface area contributed by atoms with Crippen LogP contribution in [0, 0.1) is 0 Å². The second kappa shape index (κ2) is 3.00. The lowest BCUT2D eigenvalue weighted by Crippen LogP contribution is -2.07. The Hall–Kier alpha value is -1.26. The van der Waals surface area contributed by atoms with Crippen LogP contribution in [0.3, 0.4) is 0 Å². The lowest BCUT2D eigenvalue weighted by molar-refractivity contribution is -0.138. The van der Waals surface area contributed by atoms with Gasteiger partial charge in [-0.2, -0.15) is 13.2 Å². The summed E-state index contributed by atoms with van der Waals surface area (Å²) in [5.41, 5.74) is -0.806. The van der Waals surface area contributed by atoms with E-state index in [1.54, 1.807) is 0 Å². The van der Waals surface area contributed by atoms with Crippen LogP contribution in [-0.4, -0.2) is 12.1 Å². The molecule has 0 aliphatic heterocycles. The van der Waals surface area contributed by atoms with Crippen molar-refractivity contribution >= 4 is 0 Å². The van der Waals surface area contributed by atoms with Crippen LogP contribution < -0.4 is 4.74 Å². The lowest BCUT2D eigenvalue weighted by atomic mass is 10.2. The predicted octanol–water partition coefficient (Wildman–Crippen LogP) is 2.11. The van der Waals surface area contributed by atoms with E-state index in [9.17, 15) is 13.2 Å². The summed E-state index contributed by atoms with van der Waals surface area (Å²) in [6.07, 6.45) is -2.28. The van der Waals surface area contributed by atoms with Crippen LogP contribution in [0.4, 0.5) is 13.2 Å². The van der Waals surface area contributed by atoms with Gasteiger partial charge in [-0.25, -0.2) is 0 Å². The van der Waals surface area contributed by atoms with Crippen molar-refractivity contribution in [1.29, 1.82) is 0 Å². The lowest BCUT2D eigenvalue weighted by Gasteiger charge is -2.09. The number of hydrogen-bond acceptors (Lipinski definition) is 2. The number of pyridine rings is 1. The minimum atomic E-state index is -4.38. The van der Waals surface area contributed by atoms with Gasteiger partial charge in [0.05, 0.1) is 13.3 Å². The molecule has 0 atom stereocenters. The normalized spacial score (nSPS) is 11.3. The molecule has 0 saturated heterocycles. The summed E-state index contributed by atoms with van der Waals surface area (Å²) in [7, 11) is 1.17. The maximum atomic E-state index is 12.1. The van der Waals surface area contributed by atoms with E-state index in [4.69, 9.17) is 0 Å². The molecule has 1 aromatic rings. The van der Waals surface area contributed by atoms with Crippen molar-refractivity contribution < 1.29 is 17.9 Å². The molecule has 0 N–H and O–H groups in total. The Morgan fingerprint density at radius 2 is 2.08 bits per heavy atom. The maximum Gasteiger partial charge on any atom is 0.420 e. The van der Waals surface area contributed by atoms with Crippen LogP contribution in [0.1, 0.15) is 5.56 Å². The molecule has 0 bridgehead atoms. The zero-order valence-corrected chi connectivity index (χ0v) is 6.22. The van der Waals surface area contributed by atoms with E-state index < -0.39 is 11.7 Å². The number of nitrogens with zero attached hydrogens (tertiary/aromatic N) is 1. The van der Waals surface area contributed by atoms with Gasteiger partial charge in [0.2, 0.25) is 0 Å². The number of methoxy groups -OCH3 is 1. The second-order valence-corrected chi connectivity index (χ2v) is 2.07. The molecule has 0 aromatic carbocycles. The Kier molecular flexibility index (Phi) is 2.21. The van der Waals surface area contributed by atoms with E-state index in [-0.39, 0.29) is 5.75 Å². The molecule has 0 saturated carbocycles. The van der Waals surface area contributed by atoms with Crippen molar-refractivity contribution in [2.24, 2.45) is 0 Å². The molecule has 1 heterocycles. The fraction of sp³-hybridized carbons (Fsp3) is 0.286. The van der Waals surface area contributed by atoms with Gasteiger partial charge in [0.25, 0.3) is 0 Å². The van der Waals surface area contributed by atoms with Gasteiger partial charge in [0.1, 0.15) is 11.3 Å². The molecule has 66 valence electrons. The maximum absolute atomic E-state index is 12.1. The van der Waals surface area contributed by atoms with Crippen LogP contribution in [0.5, 0.6) is 5.75 Å². The van der Waals surface area contributed by atoms with Crippen molar-refractivity contribution in [3.63, 3.8) is 0 Å². The number of alkyl halides is 3. The predicted molar refractivity (Wildman–Crippen MR) is 35.8 cm³/mol. The van der Waals surface area contributed by atoms with Gasteiger partial charge in [-0.3, -0.25) is 4.98 Å². The minimum absolute atomic E-state index is 0.259. The molecule has 5 heteroatoms. The summed E-state index contributed by atoms with van der Waals surface area (Å²) < 4.78 is 40.9. The molecule has 0 unspecified atom stereocenters. The number of ether oxygens (including phenoxy) is 1. The SMILES string of the molecule is COc1cnccc1C(F)(F)F. The van der Waals surface area contributed by atoms with Crippen molar-refractivity contribution in [2.75, 3.05) is 7.11 Å². The van der Waals surface area contributed by atoms with Crippen LogP contribution in [0.25, 0.3) is 0 Å². The van der Waals surface area contributed by atoms with E-state index in [1.807, 2.05) is 0 Å². The molecular formula is C7H6F3NO. The topological polar surface area (TPSA) is 22.1 Å². The highest BCUT2D eigenvalue weighted by molar-refractivity contribution is 5.32. The van der Waals surface area contributed by atoms with Gasteiger partial charge in [-0.15, -0.1) is 0 Å². The Bertz CT molecular complexity index is 272. The molecule has 1 aromatic heterocycles. The summed E-state index contributed by atoms with van der Waals surface area (Å²) in [5, 5.41) is 0. The van der Waals surface area contributed by atoms with Crippen molar-refractivity contribution in [1.82, 2.24) is 4.98 Å². The average Bonchev–Trinajstić information content (AvgIpc) is 2.03. The van der Waals surface area contributed by atoms with Crippen LogP contribution in [0.15, 0.2) is 18.5 Å². The van der Waals surface area contributed by atoms with E-state index in [2.05, 4.69) is 9.72 Å². The quantitative estimate of drug-likeness (QED) is 0.655. The second-order valence-electron chi connectivity index (χ2n) is 2.07. The van der Waals surface area contributed by atoms with Crippen LogP contribution in [0.2, 0.25) is 0 Å². The molecular weight excluding hydrogens is 171 g/mol. The zero-order valence-electron chi connectivity index (χ0n) is 6.22. The molecule has 0 amide bonds. The van der Waals surface area contributed by atoms with Gasteiger partial charge >= 0.3 is 6.18 Å². The third-order valence-corrected chi connectivity index (χ3v) is 1.31. The van der Waals surface area contributed by atoms with Crippen LogP contribution in [-0.2, 0) is 6.18 Å². The minimum Gasteiger partial charge on any atom is -0.495 e. The average molecular weight is 177 g/mol. The van der Waals surface area contributed by atoms with Crippen molar-refractivity contribution in [3.8, 4) is 5.75 Å².